The van der Waals surface area contributed by atoms with Gasteiger partial charge in [-0.15, -0.1) is 0 Å². The molecule has 2 aromatic rings. The zero-order chi connectivity index (χ0) is 15.1. The fourth-order valence-corrected chi connectivity index (χ4v) is 2.23. The quantitative estimate of drug-likeness (QED) is 0.794. The molecule has 1 N–H and O–H groups in total. The van der Waals surface area contributed by atoms with Crippen LogP contribution in [-0.2, 0) is 6.54 Å². The predicted molar refractivity (Wildman–Crippen MR) is 84.3 cm³/mol. The van der Waals surface area contributed by atoms with Crippen molar-refractivity contribution in [1.29, 1.82) is 0 Å². The van der Waals surface area contributed by atoms with E-state index in [1.807, 2.05) is 66.4 Å². The van der Waals surface area contributed by atoms with E-state index in [4.69, 9.17) is 0 Å². The van der Waals surface area contributed by atoms with E-state index in [9.17, 15) is 9.90 Å². The minimum Gasteiger partial charge on any atom is -0.395 e. The normalized spacial score (nSPS) is 10.8. The Morgan fingerprint density at radius 1 is 1.05 bits per heavy atom. The van der Waals surface area contributed by atoms with Gasteiger partial charge in [0.15, 0.2) is 5.78 Å². The first kappa shape index (κ1) is 15.4. The molecule has 0 aliphatic rings. The summed E-state index contributed by atoms with van der Waals surface area (Å²) in [5.41, 5.74) is 3.00. The fourth-order valence-electron chi connectivity index (χ4n) is 2.23. The Morgan fingerprint density at radius 3 is 2.33 bits per heavy atom. The highest BCUT2D eigenvalue weighted by molar-refractivity contribution is 5.97. The van der Waals surface area contributed by atoms with Gasteiger partial charge in [-0.05, 0) is 12.5 Å². The van der Waals surface area contributed by atoms with Crippen LogP contribution in [0.3, 0.4) is 0 Å². The van der Waals surface area contributed by atoms with Crippen LogP contribution in [0, 0.1) is 6.92 Å². The highest BCUT2D eigenvalue weighted by atomic mass is 16.3. The molecular formula is C18H21NO2. The summed E-state index contributed by atoms with van der Waals surface area (Å²) in [4.78, 5) is 14.3. The highest BCUT2D eigenvalue weighted by Crippen LogP contribution is 2.08. The summed E-state index contributed by atoms with van der Waals surface area (Å²) >= 11 is 0. The molecule has 0 unspecified atom stereocenters. The molecule has 3 heteroatoms. The maximum Gasteiger partial charge on any atom is 0.176 e. The summed E-state index contributed by atoms with van der Waals surface area (Å²) in [6.07, 6.45) is 0. The Bertz CT molecular complexity index is 564. The van der Waals surface area contributed by atoms with Gasteiger partial charge in [0.25, 0.3) is 0 Å². The number of hydrogen-bond acceptors (Lipinski definition) is 3. The number of carbonyl (C=O) groups is 1. The minimum atomic E-state index is 0.0496. The monoisotopic (exact) mass is 283 g/mol. The lowest BCUT2D eigenvalue weighted by Gasteiger charge is -2.20. The van der Waals surface area contributed by atoms with Crippen LogP contribution in [0.2, 0.25) is 0 Å². The summed E-state index contributed by atoms with van der Waals surface area (Å²) in [5.74, 6) is 0.0828. The molecule has 2 aromatic carbocycles. The number of carbonyl (C=O) groups excluding carboxylic acids is 1. The number of hydrogen-bond donors (Lipinski definition) is 1. The molecule has 0 radical (unpaired) electrons. The minimum absolute atomic E-state index is 0.0496. The largest absolute Gasteiger partial charge is 0.395 e. The first-order chi connectivity index (χ1) is 10.2. The summed E-state index contributed by atoms with van der Waals surface area (Å²) in [6.45, 7) is 3.53. The summed E-state index contributed by atoms with van der Waals surface area (Å²) < 4.78 is 0. The second kappa shape index (κ2) is 7.72. The fraction of sp³-hybridized carbons (Fsp3) is 0.278. The van der Waals surface area contributed by atoms with Crippen molar-refractivity contribution in [1.82, 2.24) is 4.90 Å². The van der Waals surface area contributed by atoms with E-state index in [0.29, 0.717) is 19.6 Å². The van der Waals surface area contributed by atoms with Crippen LogP contribution in [0.1, 0.15) is 21.5 Å². The molecule has 0 spiro atoms. The third-order valence-corrected chi connectivity index (χ3v) is 3.41. The summed E-state index contributed by atoms with van der Waals surface area (Å²) in [5, 5.41) is 9.18. The second-order valence-electron chi connectivity index (χ2n) is 5.21. The summed E-state index contributed by atoms with van der Waals surface area (Å²) in [6, 6.07) is 17.6. The van der Waals surface area contributed by atoms with Gasteiger partial charge in [0, 0.05) is 18.7 Å². The van der Waals surface area contributed by atoms with Crippen LogP contribution < -0.4 is 0 Å². The van der Waals surface area contributed by atoms with Crippen LogP contribution in [-0.4, -0.2) is 35.5 Å². The topological polar surface area (TPSA) is 40.5 Å². The Balaban J connectivity index is 2.02. The zero-order valence-electron chi connectivity index (χ0n) is 12.3. The van der Waals surface area contributed by atoms with Crippen molar-refractivity contribution < 1.29 is 9.90 Å². The standard InChI is InChI=1S/C18H21NO2/c1-15-7-9-17(10-8-15)18(21)14-19(11-12-20)13-16-5-3-2-4-6-16/h2-10,20H,11-14H2,1H3. The van der Waals surface area contributed by atoms with Crippen molar-refractivity contribution in [3.8, 4) is 0 Å². The molecule has 0 saturated carbocycles. The molecule has 21 heavy (non-hydrogen) atoms. The van der Waals surface area contributed by atoms with Crippen molar-refractivity contribution in [3.05, 3.63) is 71.3 Å². The molecule has 0 saturated heterocycles. The number of rotatable bonds is 7. The van der Waals surface area contributed by atoms with Gasteiger partial charge in [0.2, 0.25) is 0 Å². The molecule has 0 fully saturated rings. The number of aliphatic hydroxyl groups is 1. The van der Waals surface area contributed by atoms with Gasteiger partial charge in [0.1, 0.15) is 0 Å². The van der Waals surface area contributed by atoms with Gasteiger partial charge in [0.05, 0.1) is 13.2 Å². The highest BCUT2D eigenvalue weighted by Gasteiger charge is 2.12. The van der Waals surface area contributed by atoms with Gasteiger partial charge < -0.3 is 5.11 Å². The molecule has 0 atom stereocenters. The van der Waals surface area contributed by atoms with E-state index < -0.39 is 0 Å². The van der Waals surface area contributed by atoms with E-state index in [1.54, 1.807) is 0 Å². The zero-order valence-corrected chi connectivity index (χ0v) is 12.3. The van der Waals surface area contributed by atoms with E-state index in [-0.39, 0.29) is 12.4 Å². The molecule has 110 valence electrons. The maximum atomic E-state index is 12.3. The molecule has 0 amide bonds. The third-order valence-electron chi connectivity index (χ3n) is 3.41. The van der Waals surface area contributed by atoms with Crippen LogP contribution in [0.5, 0.6) is 0 Å². The van der Waals surface area contributed by atoms with E-state index >= 15 is 0 Å². The van der Waals surface area contributed by atoms with E-state index in [1.165, 1.54) is 0 Å². The first-order valence-electron chi connectivity index (χ1n) is 7.16. The van der Waals surface area contributed by atoms with E-state index in [2.05, 4.69) is 0 Å². The number of nitrogens with zero attached hydrogens (tertiary/aromatic N) is 1. The van der Waals surface area contributed by atoms with Crippen LogP contribution in [0.4, 0.5) is 0 Å². The van der Waals surface area contributed by atoms with Crippen LogP contribution >= 0.6 is 0 Å². The Hall–Kier alpha value is -1.97. The number of aryl methyl sites for hydroxylation is 1. The van der Waals surface area contributed by atoms with Crippen molar-refractivity contribution >= 4 is 5.78 Å². The van der Waals surface area contributed by atoms with Crippen molar-refractivity contribution in [2.24, 2.45) is 0 Å². The molecule has 3 nitrogen and oxygen atoms in total. The maximum absolute atomic E-state index is 12.3. The lowest BCUT2D eigenvalue weighted by Crippen LogP contribution is -2.32. The molecule has 0 aliphatic carbocycles. The first-order valence-corrected chi connectivity index (χ1v) is 7.16. The van der Waals surface area contributed by atoms with Crippen molar-refractivity contribution in [3.63, 3.8) is 0 Å². The molecular weight excluding hydrogens is 262 g/mol. The number of benzene rings is 2. The van der Waals surface area contributed by atoms with Gasteiger partial charge in [-0.2, -0.15) is 0 Å². The van der Waals surface area contributed by atoms with Crippen molar-refractivity contribution in [2.45, 2.75) is 13.5 Å². The van der Waals surface area contributed by atoms with Gasteiger partial charge in [-0.3, -0.25) is 9.69 Å². The number of Topliss-reactive ketones (excluding diaryl/α,β-unsaturated/α-hetero) is 1. The molecule has 0 aliphatic heterocycles. The smallest absolute Gasteiger partial charge is 0.176 e. The predicted octanol–water partition coefficient (Wildman–Crippen LogP) is 2.67. The van der Waals surface area contributed by atoms with Crippen molar-refractivity contribution in [2.75, 3.05) is 19.7 Å². The molecule has 0 aromatic heterocycles. The number of aliphatic hydroxyl groups excluding tert-OH is 1. The number of ketones is 1. The summed E-state index contributed by atoms with van der Waals surface area (Å²) in [7, 11) is 0. The Morgan fingerprint density at radius 2 is 1.71 bits per heavy atom. The average molecular weight is 283 g/mol. The lowest BCUT2D eigenvalue weighted by molar-refractivity contribution is 0.0908. The molecule has 0 bridgehead atoms. The van der Waals surface area contributed by atoms with Gasteiger partial charge in [-0.25, -0.2) is 0 Å². The Labute approximate surface area is 125 Å². The lowest BCUT2D eigenvalue weighted by atomic mass is 10.1. The Kier molecular flexibility index (Phi) is 5.67. The average Bonchev–Trinajstić information content (AvgIpc) is 2.49. The van der Waals surface area contributed by atoms with Gasteiger partial charge in [-0.1, -0.05) is 60.2 Å². The van der Waals surface area contributed by atoms with E-state index in [0.717, 1.165) is 16.7 Å². The second-order valence-corrected chi connectivity index (χ2v) is 5.21. The van der Waals surface area contributed by atoms with Crippen LogP contribution in [0.25, 0.3) is 0 Å². The molecule has 2 rings (SSSR count). The third kappa shape index (κ3) is 4.81. The van der Waals surface area contributed by atoms with Crippen LogP contribution in [0.15, 0.2) is 54.6 Å². The SMILES string of the molecule is Cc1ccc(C(=O)CN(CCO)Cc2ccccc2)cc1. The van der Waals surface area contributed by atoms with Gasteiger partial charge >= 0.3 is 0 Å². The molecule has 0 heterocycles.